The molecule has 0 aliphatic heterocycles. The Morgan fingerprint density at radius 1 is 0.905 bits per heavy atom. The summed E-state index contributed by atoms with van der Waals surface area (Å²) in [6.07, 6.45) is -6.56. The minimum absolute atomic E-state index is 0.00305. The third-order valence-corrected chi connectivity index (χ3v) is 3.42. The number of ether oxygens (including phenoxy) is 1. The van der Waals surface area contributed by atoms with Crippen LogP contribution in [0.1, 0.15) is 33.1 Å². The highest BCUT2D eigenvalue weighted by atomic mass is 19.4. The van der Waals surface area contributed by atoms with Crippen molar-refractivity contribution >= 4 is 5.97 Å². The Kier molecular flexibility index (Phi) is 4.84. The van der Waals surface area contributed by atoms with Gasteiger partial charge in [-0.2, -0.15) is 30.7 Å². The van der Waals surface area contributed by atoms with E-state index in [0.29, 0.717) is 0 Å². The van der Waals surface area contributed by atoms with E-state index in [9.17, 15) is 35.5 Å². The van der Waals surface area contributed by atoms with Gasteiger partial charge in [-0.3, -0.25) is 0 Å². The maximum atomic E-state index is 13.1. The lowest BCUT2D eigenvalue weighted by molar-refractivity contribution is -0.349. The van der Waals surface area contributed by atoms with Crippen LogP contribution in [0.15, 0.2) is 0 Å². The van der Waals surface area contributed by atoms with E-state index in [1.807, 2.05) is 0 Å². The highest BCUT2D eigenvalue weighted by Crippen LogP contribution is 2.47. The summed E-state index contributed by atoms with van der Waals surface area (Å²) in [5.74, 6) is -15.2. The van der Waals surface area contributed by atoms with Crippen LogP contribution in [0.3, 0.4) is 0 Å². The van der Waals surface area contributed by atoms with Crippen molar-refractivity contribution < 1.29 is 40.3 Å². The highest BCUT2D eigenvalue weighted by molar-refractivity contribution is 5.79. The summed E-state index contributed by atoms with van der Waals surface area (Å²) in [4.78, 5) is 11.1. The molecule has 1 aliphatic carbocycles. The molecule has 124 valence electrons. The molecule has 2 unspecified atom stereocenters. The molecule has 0 radical (unpaired) electrons. The van der Waals surface area contributed by atoms with E-state index in [4.69, 9.17) is 0 Å². The summed E-state index contributed by atoms with van der Waals surface area (Å²) in [6, 6.07) is 0. The predicted molar refractivity (Wildman–Crippen MR) is 58.0 cm³/mol. The molecule has 2 atom stereocenters. The largest absolute Gasteiger partial charge is 0.460 e. The zero-order valence-corrected chi connectivity index (χ0v) is 11.3. The van der Waals surface area contributed by atoms with Crippen molar-refractivity contribution in [2.45, 2.75) is 57.2 Å². The first kappa shape index (κ1) is 18.0. The predicted octanol–water partition coefficient (Wildman–Crippen LogP) is 4.19. The maximum absolute atomic E-state index is 13.1. The zero-order chi connectivity index (χ0) is 16.6. The van der Waals surface area contributed by atoms with Crippen molar-refractivity contribution in [2.75, 3.05) is 0 Å². The maximum Gasteiger partial charge on any atom is 0.460 e. The van der Waals surface area contributed by atoms with Gasteiger partial charge in [-0.25, -0.2) is 4.79 Å². The molecule has 0 spiro atoms. The van der Waals surface area contributed by atoms with E-state index in [1.54, 1.807) is 13.8 Å². The highest BCUT2D eigenvalue weighted by Gasteiger charge is 2.77. The number of carbonyl (C=O) groups is 1. The Morgan fingerprint density at radius 2 is 1.33 bits per heavy atom. The average Bonchev–Trinajstić information content (AvgIpc) is 2.25. The summed E-state index contributed by atoms with van der Waals surface area (Å²) in [6.45, 7) is 3.50. The lowest BCUT2D eigenvalue weighted by Crippen LogP contribution is -2.57. The fourth-order valence-corrected chi connectivity index (χ4v) is 2.50. The zero-order valence-electron chi connectivity index (χ0n) is 11.3. The third kappa shape index (κ3) is 3.60. The molecule has 9 heteroatoms. The number of halogens is 7. The molecule has 0 amide bonds. The number of hydrogen-bond donors (Lipinski definition) is 0. The number of alkyl halides is 7. The van der Waals surface area contributed by atoms with Crippen LogP contribution in [0.4, 0.5) is 30.7 Å². The van der Waals surface area contributed by atoms with Crippen LogP contribution in [-0.2, 0) is 9.53 Å². The van der Waals surface area contributed by atoms with Crippen LogP contribution in [0, 0.1) is 11.8 Å². The second-order valence-corrected chi connectivity index (χ2v) is 5.59. The minimum atomic E-state index is -6.54. The van der Waals surface area contributed by atoms with Crippen LogP contribution in [0.5, 0.6) is 0 Å². The fraction of sp³-hybridized carbons (Fsp3) is 0.917. The molecule has 1 rings (SSSR count). The van der Waals surface area contributed by atoms with Gasteiger partial charge in [0.1, 0.15) is 6.10 Å². The summed E-state index contributed by atoms with van der Waals surface area (Å²) in [5.41, 5.74) is 0. The van der Waals surface area contributed by atoms with Crippen LogP contribution in [0.2, 0.25) is 0 Å². The van der Waals surface area contributed by atoms with Gasteiger partial charge in [0.15, 0.2) is 0 Å². The normalized spacial score (nSPS) is 28.3. The van der Waals surface area contributed by atoms with Gasteiger partial charge in [0.25, 0.3) is 0 Å². The minimum Gasteiger partial charge on any atom is -0.458 e. The van der Waals surface area contributed by atoms with Crippen molar-refractivity contribution in [1.82, 2.24) is 0 Å². The van der Waals surface area contributed by atoms with Crippen molar-refractivity contribution in [3.05, 3.63) is 0 Å². The first-order valence-corrected chi connectivity index (χ1v) is 6.32. The topological polar surface area (TPSA) is 26.3 Å². The van der Waals surface area contributed by atoms with Gasteiger partial charge in [-0.1, -0.05) is 13.8 Å². The van der Waals surface area contributed by atoms with E-state index in [2.05, 4.69) is 4.74 Å². The first-order valence-electron chi connectivity index (χ1n) is 6.32. The van der Waals surface area contributed by atoms with Crippen LogP contribution in [0.25, 0.3) is 0 Å². The van der Waals surface area contributed by atoms with E-state index in [1.165, 1.54) is 0 Å². The van der Waals surface area contributed by atoms with Crippen molar-refractivity contribution in [2.24, 2.45) is 11.8 Å². The summed E-state index contributed by atoms with van der Waals surface area (Å²) in [5, 5.41) is 0. The second kappa shape index (κ2) is 5.64. The fourth-order valence-electron chi connectivity index (χ4n) is 2.50. The molecule has 0 aromatic heterocycles. The number of carbonyl (C=O) groups excluding carboxylic acids is 1. The van der Waals surface area contributed by atoms with Crippen LogP contribution < -0.4 is 0 Å². The molecule has 1 saturated carbocycles. The van der Waals surface area contributed by atoms with Gasteiger partial charge in [0, 0.05) is 0 Å². The molecule has 0 aromatic carbocycles. The van der Waals surface area contributed by atoms with Crippen LogP contribution >= 0.6 is 0 Å². The molecular formula is C12H15F7O2. The Balaban J connectivity index is 2.82. The van der Waals surface area contributed by atoms with E-state index in [0.717, 1.165) is 6.42 Å². The monoisotopic (exact) mass is 324 g/mol. The number of esters is 1. The molecule has 0 saturated heterocycles. The van der Waals surface area contributed by atoms with Gasteiger partial charge >= 0.3 is 24.0 Å². The second-order valence-electron chi connectivity index (χ2n) is 5.59. The number of rotatable bonds is 3. The molecule has 0 heterocycles. The SMILES string of the molecule is CC1CC(C)CC(OC(=O)C(F)(F)C(F)(F)C(F)(F)F)C1. The average molecular weight is 324 g/mol. The van der Waals surface area contributed by atoms with Crippen molar-refractivity contribution in [1.29, 1.82) is 0 Å². The Hall–Kier alpha value is -1.02. The Bertz CT molecular complexity index is 382. The third-order valence-electron chi connectivity index (χ3n) is 3.42. The van der Waals surface area contributed by atoms with E-state index in [-0.39, 0.29) is 24.7 Å². The Morgan fingerprint density at radius 3 is 1.71 bits per heavy atom. The van der Waals surface area contributed by atoms with E-state index >= 15 is 0 Å². The van der Waals surface area contributed by atoms with Crippen molar-refractivity contribution in [3.8, 4) is 0 Å². The summed E-state index contributed by atoms with van der Waals surface area (Å²) >= 11 is 0. The summed E-state index contributed by atoms with van der Waals surface area (Å²) in [7, 11) is 0. The van der Waals surface area contributed by atoms with Crippen molar-refractivity contribution in [3.63, 3.8) is 0 Å². The first-order chi connectivity index (χ1) is 9.29. The van der Waals surface area contributed by atoms with Gasteiger partial charge < -0.3 is 4.74 Å². The van der Waals surface area contributed by atoms with Gasteiger partial charge in [-0.15, -0.1) is 0 Å². The smallest absolute Gasteiger partial charge is 0.458 e. The molecule has 0 aromatic rings. The lowest BCUT2D eigenvalue weighted by atomic mass is 9.82. The molecule has 0 N–H and O–H groups in total. The Labute approximate surface area is 116 Å². The van der Waals surface area contributed by atoms with Crippen LogP contribution in [-0.4, -0.2) is 30.1 Å². The number of hydrogen-bond acceptors (Lipinski definition) is 2. The molecule has 1 fully saturated rings. The van der Waals surface area contributed by atoms with Gasteiger partial charge in [0.05, 0.1) is 0 Å². The summed E-state index contributed by atoms with van der Waals surface area (Å²) < 4.78 is 91.6. The quantitative estimate of drug-likeness (QED) is 0.575. The van der Waals surface area contributed by atoms with Gasteiger partial charge in [0.2, 0.25) is 0 Å². The van der Waals surface area contributed by atoms with E-state index < -0.39 is 30.1 Å². The lowest BCUT2D eigenvalue weighted by Gasteiger charge is -2.33. The standard InChI is InChI=1S/C12H15F7O2/c1-6-3-7(2)5-8(4-6)21-9(20)10(13,14)11(15,16)12(17,18)19/h6-8H,3-5H2,1-2H3. The molecule has 21 heavy (non-hydrogen) atoms. The van der Waals surface area contributed by atoms with Gasteiger partial charge in [-0.05, 0) is 31.1 Å². The molecular weight excluding hydrogens is 309 g/mol. The molecule has 0 bridgehead atoms. The molecule has 2 nitrogen and oxygen atoms in total. The molecule has 1 aliphatic rings.